The molecule has 3 aromatic heterocycles. The zero-order valence-corrected chi connectivity index (χ0v) is 32.6. The minimum atomic E-state index is 0.706. The molecule has 0 saturated carbocycles. The number of fused-ring (bicyclic) bond motifs is 7. The summed E-state index contributed by atoms with van der Waals surface area (Å²) in [4.78, 5) is 10.3. The van der Waals surface area contributed by atoms with E-state index in [1.807, 2.05) is 12.1 Å². The first kappa shape index (κ1) is 34.0. The van der Waals surface area contributed by atoms with Gasteiger partial charge in [-0.15, -0.1) is 0 Å². The Morgan fingerprint density at radius 1 is 0.267 bits per heavy atom. The number of hydrogen-bond donors (Lipinski definition) is 0. The fraction of sp³-hybridized carbons (Fsp3) is 0. The van der Waals surface area contributed by atoms with Gasteiger partial charge in [-0.1, -0.05) is 158 Å². The van der Waals surface area contributed by atoms with E-state index < -0.39 is 0 Å². The highest BCUT2D eigenvalue weighted by Gasteiger charge is 2.17. The fourth-order valence-corrected chi connectivity index (χ4v) is 9.10. The maximum absolute atomic E-state index is 5.19. The van der Waals surface area contributed by atoms with Crippen molar-refractivity contribution in [2.24, 2.45) is 0 Å². The van der Waals surface area contributed by atoms with E-state index in [1.54, 1.807) is 0 Å². The van der Waals surface area contributed by atoms with Crippen molar-refractivity contribution in [3.05, 3.63) is 218 Å². The molecule has 0 spiro atoms. The molecular weight excluding hydrogens is 729 g/mol. The number of para-hydroxylation sites is 4. The second-order valence-electron chi connectivity index (χ2n) is 15.4. The summed E-state index contributed by atoms with van der Waals surface area (Å²) in [5, 5.41) is 5.98. The largest absolute Gasteiger partial charge is 0.309 e. The van der Waals surface area contributed by atoms with Crippen molar-refractivity contribution < 1.29 is 0 Å². The van der Waals surface area contributed by atoms with Crippen molar-refractivity contribution in [3.8, 4) is 56.3 Å². The van der Waals surface area contributed by atoms with E-state index >= 15 is 0 Å². The third kappa shape index (κ3) is 5.53. The van der Waals surface area contributed by atoms with E-state index in [1.165, 1.54) is 60.5 Å². The number of nitrogens with zero attached hydrogens (tertiary/aromatic N) is 4. The highest BCUT2D eigenvalue weighted by molar-refractivity contribution is 6.11. The van der Waals surface area contributed by atoms with Gasteiger partial charge < -0.3 is 9.13 Å². The summed E-state index contributed by atoms with van der Waals surface area (Å²) in [6.45, 7) is 0. The first-order chi connectivity index (χ1) is 29.7. The van der Waals surface area contributed by atoms with Crippen molar-refractivity contribution in [1.29, 1.82) is 0 Å². The highest BCUT2D eigenvalue weighted by atomic mass is 15.0. The van der Waals surface area contributed by atoms with Crippen molar-refractivity contribution in [1.82, 2.24) is 19.1 Å². The molecule has 0 aliphatic carbocycles. The summed E-state index contributed by atoms with van der Waals surface area (Å²) >= 11 is 0. The molecule has 4 heteroatoms. The van der Waals surface area contributed by atoms with Crippen LogP contribution in [0.25, 0.3) is 111 Å². The Morgan fingerprint density at radius 3 is 1.53 bits per heavy atom. The zero-order chi connectivity index (χ0) is 39.6. The van der Waals surface area contributed by atoms with Crippen LogP contribution in [0.15, 0.2) is 218 Å². The lowest BCUT2D eigenvalue weighted by atomic mass is 9.98. The standard InChI is InChI=1S/C56H36N4/c1-3-14-39(15-4-1)55-48-22-7-10-23-50(48)57-56(58-55)42-16-13-19-44(34-42)60-51-24-11-8-20-45(51)47-32-30-41(36-54(47)60)38-28-26-37(27-29-38)40-31-33-53-49(35-40)46-21-9-12-25-52(46)59(53)43-17-5-2-6-18-43/h1-36H. The summed E-state index contributed by atoms with van der Waals surface area (Å²) in [7, 11) is 0. The first-order valence-corrected chi connectivity index (χ1v) is 20.4. The van der Waals surface area contributed by atoms with Crippen molar-refractivity contribution in [3.63, 3.8) is 0 Å². The van der Waals surface area contributed by atoms with E-state index in [-0.39, 0.29) is 0 Å². The van der Waals surface area contributed by atoms with E-state index in [0.29, 0.717) is 5.82 Å². The van der Waals surface area contributed by atoms with Crippen molar-refractivity contribution >= 4 is 54.5 Å². The van der Waals surface area contributed by atoms with Gasteiger partial charge in [-0.25, -0.2) is 9.97 Å². The molecule has 0 bridgehead atoms. The van der Waals surface area contributed by atoms with E-state index in [0.717, 1.165) is 44.4 Å². The molecule has 0 aliphatic heterocycles. The molecule has 0 radical (unpaired) electrons. The molecule has 9 aromatic carbocycles. The van der Waals surface area contributed by atoms with Crippen molar-refractivity contribution in [2.75, 3.05) is 0 Å². The lowest BCUT2D eigenvalue weighted by Gasteiger charge is -2.12. The average Bonchev–Trinajstić information content (AvgIpc) is 3.84. The van der Waals surface area contributed by atoms with E-state index in [4.69, 9.17) is 9.97 Å². The molecule has 12 rings (SSSR count). The number of rotatable bonds is 6. The maximum atomic E-state index is 5.19. The Kier molecular flexibility index (Phi) is 7.82. The molecule has 280 valence electrons. The van der Waals surface area contributed by atoms with Gasteiger partial charge in [-0.3, -0.25) is 0 Å². The van der Waals surface area contributed by atoms with Crippen LogP contribution in [0, 0.1) is 0 Å². The van der Waals surface area contributed by atoms with Crippen LogP contribution in [0.1, 0.15) is 0 Å². The third-order valence-electron chi connectivity index (χ3n) is 11.9. The number of aromatic nitrogens is 4. The van der Waals surface area contributed by atoms with Gasteiger partial charge in [-0.05, 0) is 82.9 Å². The van der Waals surface area contributed by atoms with Crippen LogP contribution in [-0.2, 0) is 0 Å². The third-order valence-corrected chi connectivity index (χ3v) is 11.9. The Morgan fingerprint density at radius 2 is 0.783 bits per heavy atom. The molecule has 3 heterocycles. The van der Waals surface area contributed by atoms with Crippen LogP contribution in [0.4, 0.5) is 0 Å². The van der Waals surface area contributed by atoms with Gasteiger partial charge >= 0.3 is 0 Å². The molecule has 0 N–H and O–H groups in total. The number of hydrogen-bond acceptors (Lipinski definition) is 2. The molecule has 0 amide bonds. The summed E-state index contributed by atoms with van der Waals surface area (Å²) in [6, 6.07) is 78.0. The molecule has 0 unspecified atom stereocenters. The summed E-state index contributed by atoms with van der Waals surface area (Å²) < 4.78 is 4.74. The summed E-state index contributed by atoms with van der Waals surface area (Å²) in [5.41, 5.74) is 15.6. The van der Waals surface area contributed by atoms with Crippen LogP contribution in [-0.4, -0.2) is 19.1 Å². The first-order valence-electron chi connectivity index (χ1n) is 20.4. The summed E-state index contributed by atoms with van der Waals surface area (Å²) in [6.07, 6.45) is 0. The molecule has 60 heavy (non-hydrogen) atoms. The molecule has 12 aromatic rings. The van der Waals surface area contributed by atoms with Crippen molar-refractivity contribution in [2.45, 2.75) is 0 Å². The minimum Gasteiger partial charge on any atom is -0.309 e. The van der Waals surface area contributed by atoms with Gasteiger partial charge in [0.25, 0.3) is 0 Å². The quantitative estimate of drug-likeness (QED) is 0.169. The van der Waals surface area contributed by atoms with Gasteiger partial charge in [0, 0.05) is 49.4 Å². The Bertz CT molecular complexity index is 3580. The van der Waals surface area contributed by atoms with Gasteiger partial charge in [0.2, 0.25) is 0 Å². The second kappa shape index (κ2) is 13.8. The lowest BCUT2D eigenvalue weighted by molar-refractivity contribution is 1.17. The fourth-order valence-electron chi connectivity index (χ4n) is 9.10. The van der Waals surface area contributed by atoms with Crippen LogP contribution in [0.5, 0.6) is 0 Å². The molecule has 0 aliphatic rings. The average molecular weight is 765 g/mol. The molecule has 4 nitrogen and oxygen atoms in total. The van der Waals surface area contributed by atoms with Crippen LogP contribution in [0.3, 0.4) is 0 Å². The van der Waals surface area contributed by atoms with E-state index in [9.17, 15) is 0 Å². The molecular formula is C56H36N4. The molecule has 0 atom stereocenters. The van der Waals surface area contributed by atoms with E-state index in [2.05, 4.69) is 215 Å². The topological polar surface area (TPSA) is 35.6 Å². The SMILES string of the molecule is c1ccc(-c2nc(-c3cccc(-n4c5ccccc5c5ccc(-c6ccc(-c7ccc8c(c7)c7ccccc7n8-c7ccccc7)cc6)cc54)c3)nc3ccccc23)cc1. The van der Waals surface area contributed by atoms with Gasteiger partial charge in [0.1, 0.15) is 0 Å². The maximum Gasteiger partial charge on any atom is 0.160 e. The summed E-state index contributed by atoms with van der Waals surface area (Å²) in [5.74, 6) is 0.706. The predicted molar refractivity (Wildman–Crippen MR) is 250 cm³/mol. The van der Waals surface area contributed by atoms with Gasteiger partial charge in [0.15, 0.2) is 5.82 Å². The monoisotopic (exact) mass is 764 g/mol. The Hall–Kier alpha value is -8.08. The smallest absolute Gasteiger partial charge is 0.160 e. The van der Waals surface area contributed by atoms with Crippen LogP contribution in [0.2, 0.25) is 0 Å². The molecule has 0 fully saturated rings. The second-order valence-corrected chi connectivity index (χ2v) is 15.4. The molecule has 0 saturated heterocycles. The Labute approximate surface area is 346 Å². The lowest BCUT2D eigenvalue weighted by Crippen LogP contribution is -1.98. The normalized spacial score (nSPS) is 11.7. The van der Waals surface area contributed by atoms with Gasteiger partial charge in [0.05, 0.1) is 33.3 Å². The van der Waals surface area contributed by atoms with Gasteiger partial charge in [-0.2, -0.15) is 0 Å². The minimum absolute atomic E-state index is 0.706. The van der Waals surface area contributed by atoms with Crippen LogP contribution < -0.4 is 0 Å². The predicted octanol–water partition coefficient (Wildman–Crippen LogP) is 14.5. The van der Waals surface area contributed by atoms with Crippen LogP contribution >= 0.6 is 0 Å². The number of benzene rings is 9. The zero-order valence-electron chi connectivity index (χ0n) is 32.6. The Balaban J connectivity index is 0.941. The highest BCUT2D eigenvalue weighted by Crippen LogP contribution is 2.38.